The fraction of sp³-hybridized carbons (Fsp3) is 0.895. The number of hydrogen-bond acceptors (Lipinski definition) is 16. The molecule has 1 aliphatic heterocycles. The van der Waals surface area contributed by atoms with Crippen molar-refractivity contribution in [3.8, 4) is 0 Å². The van der Waals surface area contributed by atoms with E-state index in [2.05, 4.69) is 9.05 Å². The molecule has 0 bridgehead atoms. The lowest BCUT2D eigenvalue weighted by atomic mass is 10.1. The first-order valence-corrected chi connectivity index (χ1v) is 14.4. The number of aliphatic hydroxyl groups is 4. The van der Waals surface area contributed by atoms with E-state index in [1.54, 1.807) is 0 Å². The van der Waals surface area contributed by atoms with Crippen molar-refractivity contribution in [3.63, 3.8) is 0 Å². The molecule has 10 atom stereocenters. The highest BCUT2D eigenvalue weighted by Crippen LogP contribution is 2.45. The van der Waals surface area contributed by atoms with Gasteiger partial charge in [0.2, 0.25) is 0 Å². The Morgan fingerprint density at radius 3 is 1.82 bits per heavy atom. The second-order valence-electron chi connectivity index (χ2n) is 8.17. The molecule has 1 aliphatic rings. The summed E-state index contributed by atoms with van der Waals surface area (Å²) in [6, 6.07) is 0. The molecule has 39 heavy (non-hydrogen) atoms. The third-order valence-electron chi connectivity index (χ3n) is 5.25. The first-order valence-electron chi connectivity index (χ1n) is 11.4. The van der Waals surface area contributed by atoms with Gasteiger partial charge in [0.25, 0.3) is 0 Å². The number of rotatable bonds is 22. The van der Waals surface area contributed by atoms with E-state index in [-0.39, 0.29) is 13.0 Å². The molecule has 0 aromatic carbocycles. The minimum atomic E-state index is -4.85. The fourth-order valence-electron chi connectivity index (χ4n) is 2.88. The van der Waals surface area contributed by atoms with Gasteiger partial charge >= 0.3 is 15.6 Å². The second kappa shape index (κ2) is 17.9. The molecule has 0 aromatic rings. The highest BCUT2D eigenvalue weighted by Gasteiger charge is 2.47. The van der Waals surface area contributed by atoms with Crippen LogP contribution < -0.4 is 0 Å². The molecule has 0 spiro atoms. The average molecular weight is 614 g/mol. The average Bonchev–Trinajstić information content (AvgIpc) is 3.19. The van der Waals surface area contributed by atoms with Gasteiger partial charge in [-0.25, -0.2) is 9.13 Å². The molecular weight excluding hydrogens is 578 g/mol. The summed E-state index contributed by atoms with van der Waals surface area (Å²) in [6.07, 6.45) is -9.27. The van der Waals surface area contributed by atoms with Gasteiger partial charge in [-0.05, 0) is 0 Å². The number of phosphoric acid groups is 2. The van der Waals surface area contributed by atoms with E-state index >= 15 is 0 Å². The van der Waals surface area contributed by atoms with Crippen molar-refractivity contribution in [2.75, 3.05) is 53.9 Å². The van der Waals surface area contributed by atoms with Crippen molar-refractivity contribution in [1.82, 2.24) is 0 Å². The molecule has 1 rings (SSSR count). The van der Waals surface area contributed by atoms with Gasteiger partial charge in [-0.1, -0.05) is 0 Å². The van der Waals surface area contributed by atoms with Crippen LogP contribution >= 0.6 is 15.6 Å². The normalized spacial score (nSPS) is 27.7. The maximum atomic E-state index is 12.2. The van der Waals surface area contributed by atoms with E-state index < -0.39 is 97.5 Å². The van der Waals surface area contributed by atoms with Crippen LogP contribution in [0.25, 0.3) is 0 Å². The van der Waals surface area contributed by atoms with Gasteiger partial charge < -0.3 is 58.7 Å². The summed E-state index contributed by atoms with van der Waals surface area (Å²) in [4.78, 5) is 41.0. The van der Waals surface area contributed by atoms with Crippen molar-refractivity contribution in [3.05, 3.63) is 0 Å². The Hall–Kier alpha value is -0.760. The zero-order chi connectivity index (χ0) is 29.6. The number of hydrogen-bond donors (Lipinski definition) is 6. The van der Waals surface area contributed by atoms with Crippen LogP contribution in [0, 0.1) is 5.92 Å². The van der Waals surface area contributed by atoms with Crippen molar-refractivity contribution >= 4 is 28.2 Å². The number of carbonyl (C=O) groups excluding carboxylic acids is 2. The lowest BCUT2D eigenvalue weighted by molar-refractivity contribution is -0.185. The van der Waals surface area contributed by atoms with Crippen molar-refractivity contribution in [2.24, 2.45) is 5.92 Å². The topological polar surface area (TPSA) is 263 Å². The highest BCUT2D eigenvalue weighted by molar-refractivity contribution is 7.47. The Labute approximate surface area is 223 Å². The van der Waals surface area contributed by atoms with Crippen LogP contribution in [0.4, 0.5) is 0 Å². The quantitative estimate of drug-likeness (QED) is 0.0544. The van der Waals surface area contributed by atoms with Gasteiger partial charge in [0, 0.05) is 26.6 Å². The van der Waals surface area contributed by atoms with E-state index in [4.69, 9.17) is 33.1 Å². The van der Waals surface area contributed by atoms with Crippen LogP contribution in [-0.4, -0.2) is 140 Å². The summed E-state index contributed by atoms with van der Waals surface area (Å²) in [5, 5.41) is 39.4. The standard InChI is InChI=1S/C19H36O18P2/c1-30-13(6-22)8-33-38(26,27)34-9-14(31-2)10-35-39(28,29)36-11-15(23)18-16(24)17(25)19(37-18)32-7-12(5-21)3-4-20/h4-5,12-19,22-25H,3,6-11H2,1-2H3,(H,26,27)(H,28,29). The predicted molar refractivity (Wildman–Crippen MR) is 125 cm³/mol. The van der Waals surface area contributed by atoms with Gasteiger partial charge in [-0.3, -0.25) is 18.1 Å². The lowest BCUT2D eigenvalue weighted by Gasteiger charge is -2.23. The summed E-state index contributed by atoms with van der Waals surface area (Å²) < 4.78 is 63.0. The Kier molecular flexibility index (Phi) is 16.7. The molecule has 0 aromatic heterocycles. The summed E-state index contributed by atoms with van der Waals surface area (Å²) in [5.41, 5.74) is 0. The maximum absolute atomic E-state index is 12.2. The molecule has 6 N–H and O–H groups in total. The van der Waals surface area contributed by atoms with E-state index in [9.17, 15) is 43.8 Å². The summed E-state index contributed by atoms with van der Waals surface area (Å²) in [6.45, 7) is -3.45. The van der Waals surface area contributed by atoms with Crippen LogP contribution in [0.5, 0.6) is 0 Å². The smallest absolute Gasteiger partial charge is 0.394 e. The van der Waals surface area contributed by atoms with E-state index in [1.807, 2.05) is 0 Å². The summed E-state index contributed by atoms with van der Waals surface area (Å²) in [5.74, 6) is -0.812. The number of phosphoric ester groups is 2. The van der Waals surface area contributed by atoms with Crippen molar-refractivity contribution in [1.29, 1.82) is 0 Å². The molecule has 0 aliphatic carbocycles. The van der Waals surface area contributed by atoms with Crippen LogP contribution in [0.3, 0.4) is 0 Å². The van der Waals surface area contributed by atoms with Crippen molar-refractivity contribution < 1.29 is 86.0 Å². The van der Waals surface area contributed by atoms with Crippen LogP contribution in [-0.2, 0) is 55.8 Å². The summed E-state index contributed by atoms with van der Waals surface area (Å²) in [7, 11) is -7.04. The Bertz CT molecular complexity index is 811. The Balaban J connectivity index is 2.51. The molecule has 1 heterocycles. The number of aldehydes is 2. The van der Waals surface area contributed by atoms with Gasteiger partial charge in [0.1, 0.15) is 49.2 Å². The maximum Gasteiger partial charge on any atom is 0.472 e. The summed E-state index contributed by atoms with van der Waals surface area (Å²) >= 11 is 0. The van der Waals surface area contributed by atoms with E-state index in [0.29, 0.717) is 12.6 Å². The number of carbonyl (C=O) groups is 2. The van der Waals surface area contributed by atoms with E-state index in [1.165, 1.54) is 7.11 Å². The zero-order valence-corrected chi connectivity index (χ0v) is 23.0. The molecule has 20 heteroatoms. The van der Waals surface area contributed by atoms with Crippen LogP contribution in [0.2, 0.25) is 0 Å². The zero-order valence-electron chi connectivity index (χ0n) is 21.2. The largest absolute Gasteiger partial charge is 0.472 e. The first kappa shape index (κ1) is 36.3. The molecule has 0 saturated carbocycles. The van der Waals surface area contributed by atoms with Gasteiger partial charge in [0.15, 0.2) is 6.29 Å². The third-order valence-corrected chi connectivity index (χ3v) is 7.15. The fourth-order valence-corrected chi connectivity index (χ4v) is 4.44. The molecule has 1 fully saturated rings. The first-order chi connectivity index (χ1) is 18.3. The molecule has 18 nitrogen and oxygen atoms in total. The molecule has 0 radical (unpaired) electrons. The number of aliphatic hydroxyl groups excluding tert-OH is 4. The van der Waals surface area contributed by atoms with Crippen LogP contribution in [0.15, 0.2) is 0 Å². The van der Waals surface area contributed by atoms with Crippen LogP contribution in [0.1, 0.15) is 6.42 Å². The van der Waals surface area contributed by atoms with Gasteiger partial charge in [0.05, 0.1) is 39.6 Å². The van der Waals surface area contributed by atoms with Gasteiger partial charge in [-0.15, -0.1) is 0 Å². The Morgan fingerprint density at radius 1 is 0.846 bits per heavy atom. The molecule has 10 unspecified atom stereocenters. The molecule has 1 saturated heterocycles. The molecule has 0 amide bonds. The SMILES string of the molecule is COC(CO)COP(=O)(O)OCC(COP(=O)(O)OCC(O)C1OC(OCC(C=O)CC=O)C(O)C1O)OC. The van der Waals surface area contributed by atoms with E-state index in [0.717, 1.165) is 7.11 Å². The number of methoxy groups -OCH3 is 2. The molecule has 230 valence electrons. The van der Waals surface area contributed by atoms with Crippen molar-refractivity contribution in [2.45, 2.75) is 49.3 Å². The second-order valence-corrected chi connectivity index (χ2v) is 11.1. The minimum absolute atomic E-state index is 0.136. The highest BCUT2D eigenvalue weighted by atomic mass is 31.2. The molecular formula is C19H36O18P2. The predicted octanol–water partition coefficient (Wildman–Crippen LogP) is -2.50. The Morgan fingerprint density at radius 2 is 1.36 bits per heavy atom. The minimum Gasteiger partial charge on any atom is -0.394 e. The third kappa shape index (κ3) is 13.2. The lowest BCUT2D eigenvalue weighted by Crippen LogP contribution is -2.41. The number of ether oxygens (including phenoxy) is 4. The monoisotopic (exact) mass is 614 g/mol. The van der Waals surface area contributed by atoms with Gasteiger partial charge in [-0.2, -0.15) is 0 Å².